The van der Waals surface area contributed by atoms with Gasteiger partial charge in [-0.3, -0.25) is 0 Å². The molecule has 0 aliphatic rings. The van der Waals surface area contributed by atoms with Gasteiger partial charge in [0.2, 0.25) is 0 Å². The van der Waals surface area contributed by atoms with E-state index in [1.807, 2.05) is 13.0 Å². The molecule has 0 atom stereocenters. The lowest BCUT2D eigenvalue weighted by atomic mass is 9.76. The summed E-state index contributed by atoms with van der Waals surface area (Å²) in [6, 6.07) is 14.2. The molecular formula is C17H20O. The van der Waals surface area contributed by atoms with Crippen LogP contribution in [-0.2, 0) is 5.41 Å². The van der Waals surface area contributed by atoms with Crippen molar-refractivity contribution in [1.82, 2.24) is 0 Å². The van der Waals surface area contributed by atoms with Gasteiger partial charge in [0.1, 0.15) is 5.75 Å². The fourth-order valence-corrected chi connectivity index (χ4v) is 2.55. The first-order chi connectivity index (χ1) is 8.41. The predicted octanol–water partition coefficient (Wildman–Crippen LogP) is 4.33. The SMILES string of the molecule is Cc1cc(O)cc(C(C)(C)c2ccccc2C)c1. The molecule has 0 aliphatic heterocycles. The highest BCUT2D eigenvalue weighted by Gasteiger charge is 2.25. The summed E-state index contributed by atoms with van der Waals surface area (Å²) in [7, 11) is 0. The lowest BCUT2D eigenvalue weighted by Gasteiger charge is -2.28. The van der Waals surface area contributed by atoms with Crippen LogP contribution in [0, 0.1) is 13.8 Å². The van der Waals surface area contributed by atoms with Crippen molar-refractivity contribution in [3.63, 3.8) is 0 Å². The molecule has 18 heavy (non-hydrogen) atoms. The molecule has 94 valence electrons. The lowest BCUT2D eigenvalue weighted by molar-refractivity contribution is 0.471. The first kappa shape index (κ1) is 12.7. The minimum Gasteiger partial charge on any atom is -0.508 e. The summed E-state index contributed by atoms with van der Waals surface area (Å²) < 4.78 is 0. The Morgan fingerprint density at radius 1 is 0.944 bits per heavy atom. The number of aryl methyl sites for hydroxylation is 2. The number of phenolic OH excluding ortho intramolecular Hbond substituents is 1. The fourth-order valence-electron chi connectivity index (χ4n) is 2.55. The van der Waals surface area contributed by atoms with Gasteiger partial charge in [-0.05, 0) is 48.2 Å². The number of phenols is 1. The Morgan fingerprint density at radius 2 is 1.61 bits per heavy atom. The topological polar surface area (TPSA) is 20.2 Å². The third kappa shape index (κ3) is 2.26. The van der Waals surface area contributed by atoms with Crippen LogP contribution in [0.1, 0.15) is 36.1 Å². The summed E-state index contributed by atoms with van der Waals surface area (Å²) in [5.74, 6) is 0.339. The molecule has 0 unspecified atom stereocenters. The van der Waals surface area contributed by atoms with Crippen molar-refractivity contribution in [2.24, 2.45) is 0 Å². The largest absolute Gasteiger partial charge is 0.508 e. The second kappa shape index (κ2) is 4.49. The second-order valence-electron chi connectivity index (χ2n) is 5.50. The lowest BCUT2D eigenvalue weighted by Crippen LogP contribution is -2.20. The first-order valence-corrected chi connectivity index (χ1v) is 6.28. The van der Waals surface area contributed by atoms with Crippen molar-refractivity contribution >= 4 is 0 Å². The molecule has 0 amide bonds. The summed E-state index contributed by atoms with van der Waals surface area (Å²) >= 11 is 0. The maximum absolute atomic E-state index is 9.77. The Morgan fingerprint density at radius 3 is 2.22 bits per heavy atom. The predicted molar refractivity (Wildman–Crippen MR) is 76.2 cm³/mol. The van der Waals surface area contributed by atoms with E-state index in [2.05, 4.69) is 51.1 Å². The maximum atomic E-state index is 9.77. The normalized spacial score (nSPS) is 11.6. The molecule has 0 fully saturated rings. The van der Waals surface area contributed by atoms with Gasteiger partial charge >= 0.3 is 0 Å². The summed E-state index contributed by atoms with van der Waals surface area (Å²) in [6.07, 6.45) is 0. The van der Waals surface area contributed by atoms with Gasteiger partial charge in [-0.1, -0.05) is 44.2 Å². The fraction of sp³-hybridized carbons (Fsp3) is 0.294. The molecule has 1 nitrogen and oxygen atoms in total. The van der Waals surface area contributed by atoms with E-state index in [4.69, 9.17) is 0 Å². The van der Waals surface area contributed by atoms with Crippen LogP contribution in [-0.4, -0.2) is 5.11 Å². The van der Waals surface area contributed by atoms with Crippen LogP contribution in [0.2, 0.25) is 0 Å². The van der Waals surface area contributed by atoms with Crippen molar-refractivity contribution < 1.29 is 5.11 Å². The van der Waals surface area contributed by atoms with Gasteiger partial charge in [-0.25, -0.2) is 0 Å². The van der Waals surface area contributed by atoms with Gasteiger partial charge in [-0.2, -0.15) is 0 Å². The summed E-state index contributed by atoms with van der Waals surface area (Å²) in [5.41, 5.74) is 4.72. The standard InChI is InChI=1S/C17H20O/c1-12-9-14(11-15(18)10-12)17(3,4)16-8-6-5-7-13(16)2/h5-11,18H,1-4H3. The number of rotatable bonds is 2. The van der Waals surface area contributed by atoms with Crippen molar-refractivity contribution in [3.05, 3.63) is 64.7 Å². The number of benzene rings is 2. The van der Waals surface area contributed by atoms with E-state index >= 15 is 0 Å². The Kier molecular flexibility index (Phi) is 3.16. The first-order valence-electron chi connectivity index (χ1n) is 6.28. The van der Waals surface area contributed by atoms with E-state index in [9.17, 15) is 5.11 Å². The van der Waals surface area contributed by atoms with Gasteiger partial charge in [-0.15, -0.1) is 0 Å². The van der Waals surface area contributed by atoms with Gasteiger partial charge in [0, 0.05) is 5.41 Å². The van der Waals surface area contributed by atoms with Crippen LogP contribution in [0.25, 0.3) is 0 Å². The highest BCUT2D eigenvalue weighted by Crippen LogP contribution is 2.35. The third-order valence-electron chi connectivity index (χ3n) is 3.60. The van der Waals surface area contributed by atoms with E-state index in [1.54, 1.807) is 6.07 Å². The van der Waals surface area contributed by atoms with Crippen molar-refractivity contribution in [2.75, 3.05) is 0 Å². The quantitative estimate of drug-likeness (QED) is 0.828. The van der Waals surface area contributed by atoms with Gasteiger partial charge in [0.15, 0.2) is 0 Å². The summed E-state index contributed by atoms with van der Waals surface area (Å²) in [4.78, 5) is 0. The average Bonchev–Trinajstić information content (AvgIpc) is 2.28. The molecule has 1 N–H and O–H groups in total. The van der Waals surface area contributed by atoms with Crippen LogP contribution < -0.4 is 0 Å². The molecule has 0 heterocycles. The molecular weight excluding hydrogens is 220 g/mol. The maximum Gasteiger partial charge on any atom is 0.116 e. The third-order valence-corrected chi connectivity index (χ3v) is 3.60. The Hall–Kier alpha value is -1.76. The molecule has 0 radical (unpaired) electrons. The molecule has 2 aromatic carbocycles. The molecule has 1 heteroatoms. The van der Waals surface area contributed by atoms with E-state index in [0.29, 0.717) is 5.75 Å². The number of hydrogen-bond donors (Lipinski definition) is 1. The molecule has 0 saturated heterocycles. The molecule has 0 spiro atoms. The second-order valence-corrected chi connectivity index (χ2v) is 5.50. The van der Waals surface area contributed by atoms with E-state index in [0.717, 1.165) is 11.1 Å². The molecule has 0 bridgehead atoms. The zero-order chi connectivity index (χ0) is 13.3. The summed E-state index contributed by atoms with van der Waals surface area (Å²) in [6.45, 7) is 8.54. The average molecular weight is 240 g/mol. The summed E-state index contributed by atoms with van der Waals surface area (Å²) in [5, 5.41) is 9.77. The van der Waals surface area contributed by atoms with Gasteiger partial charge in [0.05, 0.1) is 0 Å². The molecule has 2 rings (SSSR count). The molecule has 0 aromatic heterocycles. The Bertz CT molecular complexity index is 547. The smallest absolute Gasteiger partial charge is 0.116 e. The molecule has 0 saturated carbocycles. The number of hydrogen-bond acceptors (Lipinski definition) is 1. The highest BCUT2D eigenvalue weighted by atomic mass is 16.3. The minimum absolute atomic E-state index is 0.102. The van der Waals surface area contributed by atoms with Crippen LogP contribution in [0.15, 0.2) is 42.5 Å². The highest BCUT2D eigenvalue weighted by molar-refractivity contribution is 5.45. The zero-order valence-corrected chi connectivity index (χ0v) is 11.5. The Labute approximate surface area is 109 Å². The van der Waals surface area contributed by atoms with E-state index < -0.39 is 0 Å². The van der Waals surface area contributed by atoms with Crippen LogP contribution >= 0.6 is 0 Å². The van der Waals surface area contributed by atoms with Gasteiger partial charge in [0.25, 0.3) is 0 Å². The molecule has 0 aliphatic carbocycles. The minimum atomic E-state index is -0.102. The Balaban J connectivity index is 2.57. The van der Waals surface area contributed by atoms with E-state index in [1.165, 1.54) is 11.1 Å². The molecule has 2 aromatic rings. The van der Waals surface area contributed by atoms with Crippen LogP contribution in [0.5, 0.6) is 5.75 Å². The van der Waals surface area contributed by atoms with Gasteiger partial charge < -0.3 is 5.11 Å². The van der Waals surface area contributed by atoms with E-state index in [-0.39, 0.29) is 5.41 Å². The zero-order valence-electron chi connectivity index (χ0n) is 11.5. The monoisotopic (exact) mass is 240 g/mol. The van der Waals surface area contributed by atoms with Crippen LogP contribution in [0.4, 0.5) is 0 Å². The van der Waals surface area contributed by atoms with Crippen molar-refractivity contribution in [2.45, 2.75) is 33.1 Å². The van der Waals surface area contributed by atoms with Crippen molar-refractivity contribution in [1.29, 1.82) is 0 Å². The van der Waals surface area contributed by atoms with Crippen molar-refractivity contribution in [3.8, 4) is 5.75 Å². The number of aromatic hydroxyl groups is 1. The van der Waals surface area contributed by atoms with Crippen LogP contribution in [0.3, 0.4) is 0 Å².